The lowest BCUT2D eigenvalue weighted by Crippen LogP contribution is -2.35. The minimum Gasteiger partial charge on any atom is -0.478 e. The first-order valence-corrected chi connectivity index (χ1v) is 7.06. The van der Waals surface area contributed by atoms with E-state index in [1.54, 1.807) is 6.92 Å². The van der Waals surface area contributed by atoms with E-state index in [0.717, 1.165) is 0 Å². The summed E-state index contributed by atoms with van der Waals surface area (Å²) in [5.41, 5.74) is 0.995. The van der Waals surface area contributed by atoms with E-state index < -0.39 is 5.97 Å². The molecule has 0 amide bonds. The van der Waals surface area contributed by atoms with Gasteiger partial charge in [-0.25, -0.2) is 4.79 Å². The van der Waals surface area contributed by atoms with Crippen LogP contribution in [0.4, 0.5) is 0 Å². The lowest BCUT2D eigenvalue weighted by atomic mass is 9.59. The topological polar surface area (TPSA) is 37.3 Å². The van der Waals surface area contributed by atoms with Gasteiger partial charge in [-0.05, 0) is 43.9 Å². The molecule has 2 nitrogen and oxygen atoms in total. The highest BCUT2D eigenvalue weighted by Crippen LogP contribution is 2.51. The van der Waals surface area contributed by atoms with Gasteiger partial charge in [0.2, 0.25) is 0 Å². The normalized spacial score (nSPS) is 29.2. The smallest absolute Gasteiger partial charge is 0.330 e. The highest BCUT2D eigenvalue weighted by atomic mass is 16.4. The molecule has 2 heteroatoms. The van der Waals surface area contributed by atoms with Crippen LogP contribution in [0.15, 0.2) is 11.6 Å². The molecule has 0 aromatic rings. The Kier molecular flexibility index (Phi) is 3.90. The molecule has 2 saturated carbocycles. The molecule has 1 N–H and O–H groups in total. The van der Waals surface area contributed by atoms with Crippen LogP contribution in [0.25, 0.3) is 0 Å². The molecule has 96 valence electrons. The van der Waals surface area contributed by atoms with Crippen molar-refractivity contribution in [1.82, 2.24) is 0 Å². The summed E-state index contributed by atoms with van der Waals surface area (Å²) in [6.07, 6.45) is 13.9. The van der Waals surface area contributed by atoms with E-state index in [9.17, 15) is 4.79 Å². The van der Waals surface area contributed by atoms with Gasteiger partial charge in [-0.2, -0.15) is 0 Å². The molecule has 2 fully saturated rings. The molecule has 1 spiro atoms. The molecule has 0 aromatic carbocycles. The summed E-state index contributed by atoms with van der Waals surface area (Å²) in [7, 11) is 0. The van der Waals surface area contributed by atoms with Crippen LogP contribution in [0.2, 0.25) is 0 Å². The molecule has 0 heterocycles. The van der Waals surface area contributed by atoms with Gasteiger partial charge in [0.05, 0.1) is 0 Å². The molecule has 0 radical (unpaired) electrons. The Balaban J connectivity index is 2.17. The van der Waals surface area contributed by atoms with Crippen LogP contribution in [0, 0.1) is 11.3 Å². The fourth-order valence-electron chi connectivity index (χ4n) is 3.84. The Labute approximate surface area is 104 Å². The molecular formula is C15H24O2. The zero-order chi connectivity index (χ0) is 12.3. The summed E-state index contributed by atoms with van der Waals surface area (Å²) in [6, 6.07) is 0. The summed E-state index contributed by atoms with van der Waals surface area (Å²) in [5.74, 6) is -0.228. The van der Waals surface area contributed by atoms with Gasteiger partial charge >= 0.3 is 5.97 Å². The van der Waals surface area contributed by atoms with Crippen molar-refractivity contribution >= 4 is 5.97 Å². The van der Waals surface area contributed by atoms with Gasteiger partial charge in [-0.3, -0.25) is 0 Å². The Morgan fingerprint density at radius 1 is 1.12 bits per heavy atom. The molecule has 0 aromatic heterocycles. The maximum Gasteiger partial charge on any atom is 0.330 e. The SMILES string of the molecule is CC(=CC1CCCCC12CCCCC2)C(=O)O. The van der Waals surface area contributed by atoms with Gasteiger partial charge in [0.1, 0.15) is 0 Å². The van der Waals surface area contributed by atoms with Crippen molar-refractivity contribution in [1.29, 1.82) is 0 Å². The first-order chi connectivity index (χ1) is 8.14. The van der Waals surface area contributed by atoms with Crippen molar-refractivity contribution in [3.63, 3.8) is 0 Å². The Hall–Kier alpha value is -0.790. The summed E-state index contributed by atoms with van der Waals surface area (Å²) < 4.78 is 0. The van der Waals surface area contributed by atoms with Crippen LogP contribution in [-0.2, 0) is 4.79 Å². The molecule has 2 aliphatic rings. The van der Waals surface area contributed by atoms with Gasteiger partial charge < -0.3 is 5.11 Å². The lowest BCUT2D eigenvalue weighted by molar-refractivity contribution is -0.132. The second-order valence-electron chi connectivity index (χ2n) is 5.93. The summed E-state index contributed by atoms with van der Waals surface area (Å²) in [4.78, 5) is 11.0. The van der Waals surface area contributed by atoms with Crippen LogP contribution in [0.3, 0.4) is 0 Å². The molecule has 0 aliphatic heterocycles. The third-order valence-corrected chi connectivity index (χ3v) is 4.86. The van der Waals surface area contributed by atoms with Gasteiger partial charge in [0, 0.05) is 5.57 Å². The number of hydrogen-bond donors (Lipinski definition) is 1. The zero-order valence-electron chi connectivity index (χ0n) is 10.9. The summed E-state index contributed by atoms with van der Waals surface area (Å²) in [6.45, 7) is 1.74. The Morgan fingerprint density at radius 3 is 2.29 bits per heavy atom. The molecule has 1 unspecified atom stereocenters. The molecule has 2 rings (SSSR count). The van der Waals surface area contributed by atoms with Crippen molar-refractivity contribution < 1.29 is 9.90 Å². The second-order valence-corrected chi connectivity index (χ2v) is 5.93. The number of carboxylic acid groups (broad SMARTS) is 1. The van der Waals surface area contributed by atoms with Crippen LogP contribution in [-0.4, -0.2) is 11.1 Å². The van der Waals surface area contributed by atoms with Gasteiger partial charge in [-0.1, -0.05) is 38.2 Å². The molecular weight excluding hydrogens is 212 g/mol. The molecule has 0 bridgehead atoms. The fraction of sp³-hybridized carbons (Fsp3) is 0.800. The molecule has 1 atom stereocenters. The van der Waals surface area contributed by atoms with Crippen LogP contribution < -0.4 is 0 Å². The van der Waals surface area contributed by atoms with Crippen LogP contribution in [0.1, 0.15) is 64.7 Å². The first-order valence-electron chi connectivity index (χ1n) is 7.06. The third-order valence-electron chi connectivity index (χ3n) is 4.86. The zero-order valence-corrected chi connectivity index (χ0v) is 10.9. The quantitative estimate of drug-likeness (QED) is 0.731. The first kappa shape index (κ1) is 12.7. The maximum absolute atomic E-state index is 11.0. The summed E-state index contributed by atoms with van der Waals surface area (Å²) in [5, 5.41) is 9.03. The van der Waals surface area contributed by atoms with E-state index >= 15 is 0 Å². The van der Waals surface area contributed by atoms with Crippen molar-refractivity contribution in [2.45, 2.75) is 64.7 Å². The minimum absolute atomic E-state index is 0.452. The number of hydrogen-bond acceptors (Lipinski definition) is 1. The lowest BCUT2D eigenvalue weighted by Gasteiger charge is -2.46. The average molecular weight is 236 g/mol. The molecule has 0 saturated heterocycles. The highest BCUT2D eigenvalue weighted by molar-refractivity contribution is 5.85. The van der Waals surface area contributed by atoms with Crippen molar-refractivity contribution in [2.75, 3.05) is 0 Å². The van der Waals surface area contributed by atoms with Crippen LogP contribution >= 0.6 is 0 Å². The van der Waals surface area contributed by atoms with E-state index in [0.29, 0.717) is 16.9 Å². The maximum atomic E-state index is 11.0. The average Bonchev–Trinajstić information content (AvgIpc) is 2.33. The standard InChI is InChI=1S/C15H24O2/c1-12(14(16)17)11-13-7-3-6-10-15(13)8-4-2-5-9-15/h11,13H,2-10H2,1H3,(H,16,17). The number of carboxylic acids is 1. The number of rotatable bonds is 2. The van der Waals surface area contributed by atoms with E-state index in [2.05, 4.69) is 6.08 Å². The Bertz CT molecular complexity index is 303. The predicted molar refractivity (Wildman–Crippen MR) is 68.9 cm³/mol. The van der Waals surface area contributed by atoms with E-state index in [1.807, 2.05) is 0 Å². The van der Waals surface area contributed by atoms with Gasteiger partial charge in [0.25, 0.3) is 0 Å². The predicted octanol–water partition coefficient (Wildman–Crippen LogP) is 4.16. The third kappa shape index (κ3) is 2.72. The van der Waals surface area contributed by atoms with E-state index in [4.69, 9.17) is 5.11 Å². The number of aliphatic carboxylic acids is 1. The highest BCUT2D eigenvalue weighted by Gasteiger charge is 2.40. The van der Waals surface area contributed by atoms with E-state index in [1.165, 1.54) is 57.8 Å². The number of carbonyl (C=O) groups is 1. The number of allylic oxidation sites excluding steroid dienone is 1. The van der Waals surface area contributed by atoms with Crippen LogP contribution in [0.5, 0.6) is 0 Å². The largest absolute Gasteiger partial charge is 0.478 e. The minimum atomic E-state index is -0.749. The van der Waals surface area contributed by atoms with Crippen molar-refractivity contribution in [3.05, 3.63) is 11.6 Å². The fourth-order valence-corrected chi connectivity index (χ4v) is 3.84. The second kappa shape index (κ2) is 5.24. The molecule has 2 aliphatic carbocycles. The summed E-state index contributed by atoms with van der Waals surface area (Å²) >= 11 is 0. The van der Waals surface area contributed by atoms with Crippen molar-refractivity contribution in [2.24, 2.45) is 11.3 Å². The van der Waals surface area contributed by atoms with Gasteiger partial charge in [-0.15, -0.1) is 0 Å². The monoisotopic (exact) mass is 236 g/mol. The van der Waals surface area contributed by atoms with Crippen molar-refractivity contribution in [3.8, 4) is 0 Å². The van der Waals surface area contributed by atoms with E-state index in [-0.39, 0.29) is 0 Å². The molecule has 17 heavy (non-hydrogen) atoms. The Morgan fingerprint density at radius 2 is 1.71 bits per heavy atom. The van der Waals surface area contributed by atoms with Gasteiger partial charge in [0.15, 0.2) is 0 Å².